The monoisotopic (exact) mass is 317 g/mol. The molecule has 4 heteroatoms. The highest BCUT2D eigenvalue weighted by atomic mass is 16.2. The SMILES string of the molecule is CN(NC(=O)c1ccc(Nc2ccccc2)cc1)c1ccccc1. The van der Waals surface area contributed by atoms with Crippen molar-refractivity contribution in [2.24, 2.45) is 0 Å². The van der Waals surface area contributed by atoms with Crippen molar-refractivity contribution in [3.05, 3.63) is 90.5 Å². The number of rotatable bonds is 5. The summed E-state index contributed by atoms with van der Waals surface area (Å²) in [4.78, 5) is 12.3. The Hall–Kier alpha value is -3.27. The van der Waals surface area contributed by atoms with Gasteiger partial charge in [-0.1, -0.05) is 36.4 Å². The van der Waals surface area contributed by atoms with Gasteiger partial charge in [0.1, 0.15) is 0 Å². The van der Waals surface area contributed by atoms with E-state index in [0.717, 1.165) is 17.1 Å². The van der Waals surface area contributed by atoms with Crippen LogP contribution in [0.25, 0.3) is 0 Å². The van der Waals surface area contributed by atoms with Crippen LogP contribution >= 0.6 is 0 Å². The first-order valence-corrected chi connectivity index (χ1v) is 7.74. The van der Waals surface area contributed by atoms with Crippen molar-refractivity contribution < 1.29 is 4.79 Å². The zero-order valence-corrected chi connectivity index (χ0v) is 13.4. The van der Waals surface area contributed by atoms with Crippen LogP contribution in [0.2, 0.25) is 0 Å². The molecule has 0 atom stereocenters. The van der Waals surface area contributed by atoms with Gasteiger partial charge in [-0.2, -0.15) is 0 Å². The first-order chi connectivity index (χ1) is 11.7. The minimum Gasteiger partial charge on any atom is -0.356 e. The fourth-order valence-corrected chi connectivity index (χ4v) is 2.33. The van der Waals surface area contributed by atoms with Crippen LogP contribution in [-0.4, -0.2) is 13.0 Å². The molecule has 120 valence electrons. The number of hydrogen-bond donors (Lipinski definition) is 2. The van der Waals surface area contributed by atoms with Gasteiger partial charge in [-0.05, 0) is 48.5 Å². The zero-order valence-electron chi connectivity index (χ0n) is 13.4. The predicted molar refractivity (Wildman–Crippen MR) is 98.5 cm³/mol. The van der Waals surface area contributed by atoms with Crippen molar-refractivity contribution in [1.82, 2.24) is 5.43 Å². The van der Waals surface area contributed by atoms with Gasteiger partial charge in [0.2, 0.25) is 0 Å². The topological polar surface area (TPSA) is 44.4 Å². The Kier molecular flexibility index (Phi) is 4.77. The molecular weight excluding hydrogens is 298 g/mol. The average molecular weight is 317 g/mol. The van der Waals surface area contributed by atoms with Gasteiger partial charge in [0.15, 0.2) is 0 Å². The van der Waals surface area contributed by atoms with E-state index in [1.165, 1.54) is 0 Å². The molecule has 1 amide bonds. The Balaban J connectivity index is 1.63. The van der Waals surface area contributed by atoms with E-state index in [1.807, 2.05) is 79.8 Å². The summed E-state index contributed by atoms with van der Waals surface area (Å²) in [6.07, 6.45) is 0. The molecule has 3 aromatic rings. The van der Waals surface area contributed by atoms with Crippen molar-refractivity contribution >= 4 is 23.0 Å². The van der Waals surface area contributed by atoms with Crippen LogP contribution in [0.5, 0.6) is 0 Å². The number of carbonyl (C=O) groups excluding carboxylic acids is 1. The third-order valence-corrected chi connectivity index (χ3v) is 3.62. The molecule has 0 fully saturated rings. The third kappa shape index (κ3) is 3.93. The van der Waals surface area contributed by atoms with E-state index in [9.17, 15) is 4.79 Å². The minimum absolute atomic E-state index is 0.146. The van der Waals surface area contributed by atoms with E-state index in [1.54, 1.807) is 17.1 Å². The molecule has 0 aromatic heterocycles. The van der Waals surface area contributed by atoms with Crippen molar-refractivity contribution in [2.45, 2.75) is 0 Å². The van der Waals surface area contributed by atoms with E-state index in [-0.39, 0.29) is 5.91 Å². The second kappa shape index (κ2) is 7.33. The first kappa shape index (κ1) is 15.6. The molecule has 0 aliphatic rings. The highest BCUT2D eigenvalue weighted by Gasteiger charge is 2.08. The number of carbonyl (C=O) groups is 1. The quantitative estimate of drug-likeness (QED) is 0.693. The Morgan fingerprint density at radius 3 is 1.92 bits per heavy atom. The van der Waals surface area contributed by atoms with Gasteiger partial charge in [0, 0.05) is 24.0 Å². The third-order valence-electron chi connectivity index (χ3n) is 3.62. The largest absolute Gasteiger partial charge is 0.356 e. The van der Waals surface area contributed by atoms with Crippen LogP contribution in [0.4, 0.5) is 17.1 Å². The number of hydrazine groups is 1. The number of hydrogen-bond acceptors (Lipinski definition) is 3. The zero-order chi connectivity index (χ0) is 16.8. The van der Waals surface area contributed by atoms with Crippen LogP contribution in [0.1, 0.15) is 10.4 Å². The number of nitrogens with zero attached hydrogens (tertiary/aromatic N) is 1. The molecule has 0 bridgehead atoms. The molecular formula is C20H19N3O. The molecule has 0 unspecified atom stereocenters. The Bertz CT molecular complexity index is 786. The molecule has 24 heavy (non-hydrogen) atoms. The summed E-state index contributed by atoms with van der Waals surface area (Å²) in [7, 11) is 1.82. The Morgan fingerprint density at radius 1 is 0.750 bits per heavy atom. The lowest BCUT2D eigenvalue weighted by Crippen LogP contribution is -2.39. The van der Waals surface area contributed by atoms with Gasteiger partial charge in [0.25, 0.3) is 5.91 Å². The Labute approximate surface area is 141 Å². The molecule has 0 aliphatic carbocycles. The normalized spacial score (nSPS) is 10.0. The lowest BCUT2D eigenvalue weighted by Gasteiger charge is -2.20. The predicted octanol–water partition coefficient (Wildman–Crippen LogP) is 4.21. The van der Waals surface area contributed by atoms with Crippen molar-refractivity contribution in [2.75, 3.05) is 17.4 Å². The van der Waals surface area contributed by atoms with Gasteiger partial charge in [0.05, 0.1) is 5.69 Å². The Morgan fingerprint density at radius 2 is 1.29 bits per heavy atom. The van der Waals surface area contributed by atoms with Gasteiger partial charge >= 0.3 is 0 Å². The van der Waals surface area contributed by atoms with E-state index in [4.69, 9.17) is 0 Å². The van der Waals surface area contributed by atoms with Crippen LogP contribution in [0.3, 0.4) is 0 Å². The molecule has 0 radical (unpaired) electrons. The van der Waals surface area contributed by atoms with Crippen molar-refractivity contribution in [1.29, 1.82) is 0 Å². The van der Waals surface area contributed by atoms with E-state index in [0.29, 0.717) is 5.56 Å². The number of amides is 1. The van der Waals surface area contributed by atoms with Crippen LogP contribution < -0.4 is 15.8 Å². The minimum atomic E-state index is -0.146. The first-order valence-electron chi connectivity index (χ1n) is 7.74. The van der Waals surface area contributed by atoms with Crippen LogP contribution in [0, 0.1) is 0 Å². The van der Waals surface area contributed by atoms with Crippen molar-refractivity contribution in [3.8, 4) is 0 Å². The molecule has 3 aromatic carbocycles. The summed E-state index contributed by atoms with van der Waals surface area (Å²) >= 11 is 0. The second-order valence-electron chi connectivity index (χ2n) is 5.40. The molecule has 0 spiro atoms. The molecule has 4 nitrogen and oxygen atoms in total. The molecule has 0 saturated carbocycles. The number of benzene rings is 3. The summed E-state index contributed by atoms with van der Waals surface area (Å²) in [6.45, 7) is 0. The van der Waals surface area contributed by atoms with E-state index >= 15 is 0 Å². The summed E-state index contributed by atoms with van der Waals surface area (Å²) < 4.78 is 0. The van der Waals surface area contributed by atoms with Gasteiger partial charge in [-0.3, -0.25) is 15.2 Å². The highest BCUT2D eigenvalue weighted by Crippen LogP contribution is 2.17. The summed E-state index contributed by atoms with van der Waals surface area (Å²) in [5.41, 5.74) is 6.34. The maximum absolute atomic E-state index is 12.3. The van der Waals surface area contributed by atoms with Gasteiger partial charge in [-0.25, -0.2) is 0 Å². The summed E-state index contributed by atoms with van der Waals surface area (Å²) in [6, 6.07) is 27.0. The lowest BCUT2D eigenvalue weighted by molar-refractivity contribution is 0.0951. The number of para-hydroxylation sites is 2. The van der Waals surface area contributed by atoms with Crippen LogP contribution in [-0.2, 0) is 0 Å². The maximum atomic E-state index is 12.3. The number of anilines is 3. The summed E-state index contributed by atoms with van der Waals surface area (Å²) in [5, 5.41) is 5.00. The fourth-order valence-electron chi connectivity index (χ4n) is 2.33. The summed E-state index contributed by atoms with van der Waals surface area (Å²) in [5.74, 6) is -0.146. The van der Waals surface area contributed by atoms with Gasteiger partial charge < -0.3 is 5.32 Å². The van der Waals surface area contributed by atoms with Crippen LogP contribution in [0.15, 0.2) is 84.9 Å². The lowest BCUT2D eigenvalue weighted by atomic mass is 10.2. The van der Waals surface area contributed by atoms with Crippen molar-refractivity contribution in [3.63, 3.8) is 0 Å². The molecule has 0 heterocycles. The van der Waals surface area contributed by atoms with E-state index in [2.05, 4.69) is 10.7 Å². The second-order valence-corrected chi connectivity index (χ2v) is 5.40. The van der Waals surface area contributed by atoms with E-state index < -0.39 is 0 Å². The molecule has 0 aliphatic heterocycles. The number of nitrogens with one attached hydrogen (secondary N) is 2. The smallest absolute Gasteiger partial charge is 0.269 e. The maximum Gasteiger partial charge on any atom is 0.269 e. The standard InChI is InChI=1S/C20H19N3O/c1-23(19-10-6-3-7-11-19)22-20(24)16-12-14-18(15-13-16)21-17-8-4-2-5-9-17/h2-15,21H,1H3,(H,22,24). The molecule has 0 saturated heterocycles. The highest BCUT2D eigenvalue weighted by molar-refractivity contribution is 5.95. The molecule has 3 rings (SSSR count). The fraction of sp³-hybridized carbons (Fsp3) is 0.0500. The average Bonchev–Trinajstić information content (AvgIpc) is 2.64. The van der Waals surface area contributed by atoms with Gasteiger partial charge in [-0.15, -0.1) is 0 Å². The molecule has 2 N–H and O–H groups in total.